The third-order valence-corrected chi connectivity index (χ3v) is 4.54. The molecule has 0 radical (unpaired) electrons. The Hall–Kier alpha value is -0.290. The van der Waals surface area contributed by atoms with Crippen molar-refractivity contribution < 1.29 is 13.2 Å². The van der Waals surface area contributed by atoms with Crippen LogP contribution in [0.2, 0.25) is 0 Å². The molecule has 0 unspecified atom stereocenters. The van der Waals surface area contributed by atoms with E-state index in [2.05, 4.69) is 12.2 Å². The van der Waals surface area contributed by atoms with Crippen molar-refractivity contribution in [2.45, 2.75) is 58.7 Å². The van der Waals surface area contributed by atoms with E-state index in [9.17, 15) is 13.2 Å². The number of halogens is 3. The Kier molecular flexibility index (Phi) is 6.32. The van der Waals surface area contributed by atoms with E-state index in [-0.39, 0.29) is 11.5 Å². The monoisotopic (exact) mass is 294 g/mol. The van der Waals surface area contributed by atoms with Gasteiger partial charge in [-0.2, -0.15) is 13.2 Å². The van der Waals surface area contributed by atoms with E-state index in [1.807, 2.05) is 20.9 Å². The largest absolute Gasteiger partial charge is 0.401 e. The van der Waals surface area contributed by atoms with Gasteiger partial charge in [0.2, 0.25) is 0 Å². The van der Waals surface area contributed by atoms with E-state index >= 15 is 0 Å². The number of hydrogen-bond acceptors (Lipinski definition) is 2. The maximum atomic E-state index is 12.7. The van der Waals surface area contributed by atoms with Gasteiger partial charge in [0.25, 0.3) is 0 Å². The molecule has 1 saturated carbocycles. The summed E-state index contributed by atoms with van der Waals surface area (Å²) in [6.45, 7) is 6.48. The molecule has 120 valence electrons. The van der Waals surface area contributed by atoms with Crippen LogP contribution in [0.25, 0.3) is 0 Å². The fourth-order valence-electron chi connectivity index (χ4n) is 3.22. The van der Waals surface area contributed by atoms with E-state index < -0.39 is 12.7 Å². The van der Waals surface area contributed by atoms with E-state index in [1.165, 1.54) is 0 Å². The van der Waals surface area contributed by atoms with Crippen LogP contribution in [0.4, 0.5) is 13.2 Å². The third-order valence-electron chi connectivity index (χ3n) is 4.54. The van der Waals surface area contributed by atoms with Crippen molar-refractivity contribution in [1.29, 1.82) is 0 Å². The molecule has 0 aromatic carbocycles. The standard InChI is InChI=1S/C15H29F3N2/c1-12(2)20(11-15(16,17)18)10-14(9-19-4)7-5-13(3)6-8-14/h12-13,19H,5-11H2,1-4H3. The van der Waals surface area contributed by atoms with Crippen molar-refractivity contribution in [2.24, 2.45) is 11.3 Å². The van der Waals surface area contributed by atoms with Gasteiger partial charge in [-0.1, -0.05) is 19.8 Å². The smallest absolute Gasteiger partial charge is 0.319 e. The molecule has 0 amide bonds. The maximum Gasteiger partial charge on any atom is 0.401 e. The van der Waals surface area contributed by atoms with Gasteiger partial charge < -0.3 is 5.32 Å². The molecular formula is C15H29F3N2. The van der Waals surface area contributed by atoms with Gasteiger partial charge in [-0.3, -0.25) is 4.90 Å². The minimum Gasteiger partial charge on any atom is -0.319 e. The zero-order valence-corrected chi connectivity index (χ0v) is 13.2. The molecule has 0 spiro atoms. The minimum atomic E-state index is -4.12. The summed E-state index contributed by atoms with van der Waals surface area (Å²) in [6.07, 6.45) is 0.179. The highest BCUT2D eigenvalue weighted by molar-refractivity contribution is 4.90. The summed E-state index contributed by atoms with van der Waals surface area (Å²) in [7, 11) is 1.89. The topological polar surface area (TPSA) is 15.3 Å². The molecular weight excluding hydrogens is 265 g/mol. The van der Waals surface area contributed by atoms with Crippen LogP contribution in [-0.4, -0.2) is 43.8 Å². The van der Waals surface area contributed by atoms with Gasteiger partial charge >= 0.3 is 6.18 Å². The lowest BCUT2D eigenvalue weighted by atomic mass is 9.70. The molecule has 0 heterocycles. The van der Waals surface area contributed by atoms with E-state index in [4.69, 9.17) is 0 Å². The Balaban J connectivity index is 2.75. The first-order valence-corrected chi connectivity index (χ1v) is 7.63. The van der Waals surface area contributed by atoms with Crippen LogP contribution in [-0.2, 0) is 0 Å². The number of nitrogens with zero attached hydrogens (tertiary/aromatic N) is 1. The molecule has 20 heavy (non-hydrogen) atoms. The van der Waals surface area contributed by atoms with E-state index in [0.717, 1.165) is 32.2 Å². The third kappa shape index (κ3) is 5.60. The summed E-state index contributed by atoms with van der Waals surface area (Å²) in [6, 6.07) is -0.0790. The van der Waals surface area contributed by atoms with Crippen LogP contribution in [0.1, 0.15) is 46.5 Å². The zero-order valence-electron chi connectivity index (χ0n) is 13.2. The van der Waals surface area contributed by atoms with Crippen LogP contribution >= 0.6 is 0 Å². The maximum absolute atomic E-state index is 12.7. The molecule has 1 aliphatic rings. The Morgan fingerprint density at radius 3 is 2.20 bits per heavy atom. The van der Waals surface area contributed by atoms with E-state index in [0.29, 0.717) is 12.5 Å². The second-order valence-electron chi connectivity index (χ2n) is 6.83. The Labute approximate surface area is 121 Å². The molecule has 0 bridgehead atoms. The van der Waals surface area contributed by atoms with Crippen molar-refractivity contribution in [1.82, 2.24) is 10.2 Å². The second-order valence-corrected chi connectivity index (χ2v) is 6.83. The number of rotatable bonds is 6. The summed E-state index contributed by atoms with van der Waals surface area (Å²) in [5.74, 6) is 0.704. The fourth-order valence-corrected chi connectivity index (χ4v) is 3.22. The first-order chi connectivity index (χ1) is 9.17. The molecule has 1 N–H and O–H groups in total. The number of hydrogen-bond donors (Lipinski definition) is 1. The lowest BCUT2D eigenvalue weighted by Crippen LogP contribution is -2.50. The number of nitrogens with one attached hydrogen (secondary N) is 1. The van der Waals surface area contributed by atoms with E-state index in [1.54, 1.807) is 4.90 Å². The summed E-state index contributed by atoms with van der Waals surface area (Å²) >= 11 is 0. The Morgan fingerprint density at radius 2 is 1.80 bits per heavy atom. The van der Waals surface area contributed by atoms with Gasteiger partial charge in [0.15, 0.2) is 0 Å². The SMILES string of the molecule is CNCC1(CN(CC(F)(F)F)C(C)C)CCC(C)CC1. The Bertz CT molecular complexity index is 281. The highest BCUT2D eigenvalue weighted by Crippen LogP contribution is 2.39. The van der Waals surface area contributed by atoms with Gasteiger partial charge in [-0.25, -0.2) is 0 Å². The highest BCUT2D eigenvalue weighted by Gasteiger charge is 2.39. The van der Waals surface area contributed by atoms with Crippen LogP contribution in [0, 0.1) is 11.3 Å². The average Bonchev–Trinajstić information content (AvgIpc) is 2.31. The fraction of sp³-hybridized carbons (Fsp3) is 1.00. The molecule has 1 rings (SSSR count). The first-order valence-electron chi connectivity index (χ1n) is 7.63. The van der Waals surface area contributed by atoms with Gasteiger partial charge in [0, 0.05) is 19.1 Å². The van der Waals surface area contributed by atoms with Gasteiger partial charge in [-0.15, -0.1) is 0 Å². The van der Waals surface area contributed by atoms with Crippen molar-refractivity contribution in [2.75, 3.05) is 26.7 Å². The van der Waals surface area contributed by atoms with Crippen molar-refractivity contribution >= 4 is 0 Å². The summed E-state index contributed by atoms with van der Waals surface area (Å²) < 4.78 is 38.2. The molecule has 1 fully saturated rings. The molecule has 0 aromatic heterocycles. The number of alkyl halides is 3. The molecule has 0 aliphatic heterocycles. The highest BCUT2D eigenvalue weighted by atomic mass is 19.4. The zero-order chi connectivity index (χ0) is 15.4. The molecule has 0 saturated heterocycles. The van der Waals surface area contributed by atoms with Crippen LogP contribution in [0.3, 0.4) is 0 Å². The van der Waals surface area contributed by atoms with Gasteiger partial charge in [-0.05, 0) is 45.1 Å². The van der Waals surface area contributed by atoms with Gasteiger partial charge in [0.1, 0.15) is 0 Å². The molecule has 0 atom stereocenters. The Morgan fingerprint density at radius 1 is 1.25 bits per heavy atom. The van der Waals surface area contributed by atoms with Crippen LogP contribution < -0.4 is 5.32 Å². The molecule has 0 aromatic rings. The normalized spacial score (nSPS) is 28.4. The minimum absolute atomic E-state index is 0.00319. The summed E-state index contributed by atoms with van der Waals surface area (Å²) in [5, 5.41) is 3.19. The van der Waals surface area contributed by atoms with Crippen LogP contribution in [0.5, 0.6) is 0 Å². The average molecular weight is 294 g/mol. The molecule has 5 heteroatoms. The second kappa shape index (κ2) is 7.12. The lowest BCUT2D eigenvalue weighted by molar-refractivity contribution is -0.154. The van der Waals surface area contributed by atoms with Crippen molar-refractivity contribution in [3.05, 3.63) is 0 Å². The molecule has 1 aliphatic carbocycles. The first kappa shape index (κ1) is 17.8. The lowest BCUT2D eigenvalue weighted by Gasteiger charge is -2.44. The quantitative estimate of drug-likeness (QED) is 0.804. The molecule has 2 nitrogen and oxygen atoms in total. The van der Waals surface area contributed by atoms with Crippen molar-refractivity contribution in [3.63, 3.8) is 0 Å². The summed E-state index contributed by atoms with van der Waals surface area (Å²) in [5.41, 5.74) is -0.00319. The predicted molar refractivity (Wildman–Crippen MR) is 76.8 cm³/mol. The predicted octanol–water partition coefficient (Wildman–Crippen LogP) is 3.68. The summed E-state index contributed by atoms with van der Waals surface area (Å²) in [4.78, 5) is 1.59. The van der Waals surface area contributed by atoms with Gasteiger partial charge in [0.05, 0.1) is 6.54 Å². The van der Waals surface area contributed by atoms with Crippen molar-refractivity contribution in [3.8, 4) is 0 Å². The van der Waals surface area contributed by atoms with Crippen LogP contribution in [0.15, 0.2) is 0 Å².